The van der Waals surface area contributed by atoms with Crippen LogP contribution in [0.5, 0.6) is 11.5 Å². The number of pyridine rings is 1. The van der Waals surface area contributed by atoms with E-state index in [4.69, 9.17) is 14.6 Å². The molecule has 1 N–H and O–H groups in total. The van der Waals surface area contributed by atoms with Crippen LogP contribution in [0.1, 0.15) is 12.1 Å². The van der Waals surface area contributed by atoms with Crippen molar-refractivity contribution in [3.63, 3.8) is 0 Å². The lowest BCUT2D eigenvalue weighted by atomic mass is 10.1. The molecule has 0 bridgehead atoms. The number of methoxy groups -OCH3 is 1. The minimum atomic E-state index is 0.667. The van der Waals surface area contributed by atoms with Crippen LogP contribution in [-0.4, -0.2) is 49.6 Å². The molecule has 4 aromatic heterocycles. The van der Waals surface area contributed by atoms with Crippen molar-refractivity contribution in [3.8, 4) is 28.4 Å². The first kappa shape index (κ1) is 18.6. The number of fused-ring (bicyclic) bond motifs is 3. The second-order valence-electron chi connectivity index (χ2n) is 7.68. The average Bonchev–Trinajstić information content (AvgIpc) is 3.31. The summed E-state index contributed by atoms with van der Waals surface area (Å²) < 4.78 is 15.3. The average molecular weight is 427 g/mol. The van der Waals surface area contributed by atoms with Crippen LogP contribution >= 0.6 is 0 Å². The Kier molecular flexibility index (Phi) is 4.20. The number of aromatic nitrogens is 6. The van der Waals surface area contributed by atoms with E-state index >= 15 is 0 Å². The van der Waals surface area contributed by atoms with Crippen molar-refractivity contribution in [1.82, 2.24) is 29.4 Å². The first-order valence-corrected chi connectivity index (χ1v) is 10.5. The Balaban J connectivity index is 1.56. The summed E-state index contributed by atoms with van der Waals surface area (Å²) in [5, 5.41) is 13.6. The Hall–Kier alpha value is -4.14. The standard InChI is InChI=1S/C23H21N7O2/c1-14-15-12-26-17(16-13-27-29-7-3-5-25-23(16)29)9-19(15)30(28-14)20-11-21-18(10-22(20)31-2)24-6-4-8-32-21/h3,5,7,9-13,24H,4,6,8H2,1-2H3. The molecule has 0 saturated carbocycles. The van der Waals surface area contributed by atoms with Gasteiger partial charge in [-0.05, 0) is 25.5 Å². The van der Waals surface area contributed by atoms with Crippen LogP contribution in [-0.2, 0) is 0 Å². The minimum absolute atomic E-state index is 0.667. The first-order chi connectivity index (χ1) is 15.7. The molecule has 0 fully saturated rings. The normalized spacial score (nSPS) is 13.4. The Morgan fingerprint density at radius 2 is 2.09 bits per heavy atom. The van der Waals surface area contributed by atoms with Crippen LogP contribution in [0.3, 0.4) is 0 Å². The predicted molar refractivity (Wildman–Crippen MR) is 121 cm³/mol. The van der Waals surface area contributed by atoms with Gasteiger partial charge >= 0.3 is 0 Å². The summed E-state index contributed by atoms with van der Waals surface area (Å²) in [4.78, 5) is 9.14. The van der Waals surface area contributed by atoms with E-state index in [-0.39, 0.29) is 0 Å². The third-order valence-electron chi connectivity index (χ3n) is 5.71. The molecule has 0 saturated heterocycles. The lowest BCUT2D eigenvalue weighted by molar-refractivity contribution is 0.322. The van der Waals surface area contributed by atoms with Gasteiger partial charge in [0.25, 0.3) is 0 Å². The number of anilines is 1. The van der Waals surface area contributed by atoms with Crippen LogP contribution in [0.2, 0.25) is 0 Å². The minimum Gasteiger partial charge on any atom is -0.494 e. The predicted octanol–water partition coefficient (Wildman–Crippen LogP) is 3.64. The maximum Gasteiger partial charge on any atom is 0.164 e. The molecule has 0 radical (unpaired) electrons. The number of nitrogens with zero attached hydrogens (tertiary/aromatic N) is 6. The SMILES string of the molecule is COc1cc2c(cc1-n1nc(C)c3cnc(-c4cnn5cccnc45)cc31)OCCCN2. The van der Waals surface area contributed by atoms with Gasteiger partial charge in [0.2, 0.25) is 0 Å². The highest BCUT2D eigenvalue weighted by molar-refractivity contribution is 5.88. The number of nitrogens with one attached hydrogen (secondary N) is 1. The molecular weight excluding hydrogens is 406 g/mol. The molecule has 5 aromatic rings. The van der Waals surface area contributed by atoms with Crippen molar-refractivity contribution in [2.75, 3.05) is 25.6 Å². The van der Waals surface area contributed by atoms with Crippen molar-refractivity contribution in [2.24, 2.45) is 0 Å². The topological polar surface area (TPSA) is 91.4 Å². The summed E-state index contributed by atoms with van der Waals surface area (Å²) >= 11 is 0. The molecule has 0 amide bonds. The van der Waals surface area contributed by atoms with Crippen LogP contribution in [0, 0.1) is 6.92 Å². The molecule has 6 rings (SSSR count). The van der Waals surface area contributed by atoms with Crippen molar-refractivity contribution in [1.29, 1.82) is 0 Å². The molecule has 9 heteroatoms. The molecule has 0 aliphatic carbocycles. The zero-order valence-corrected chi connectivity index (χ0v) is 17.7. The van der Waals surface area contributed by atoms with Gasteiger partial charge in [-0.2, -0.15) is 10.2 Å². The lowest BCUT2D eigenvalue weighted by Crippen LogP contribution is -2.03. The highest BCUT2D eigenvalue weighted by Gasteiger charge is 2.20. The quantitative estimate of drug-likeness (QED) is 0.470. The molecule has 0 unspecified atom stereocenters. The summed E-state index contributed by atoms with van der Waals surface area (Å²) in [6, 6.07) is 7.82. The number of benzene rings is 1. The van der Waals surface area contributed by atoms with Crippen LogP contribution in [0.4, 0.5) is 5.69 Å². The number of rotatable bonds is 3. The van der Waals surface area contributed by atoms with Gasteiger partial charge in [0.1, 0.15) is 17.2 Å². The second-order valence-corrected chi connectivity index (χ2v) is 7.68. The van der Waals surface area contributed by atoms with Gasteiger partial charge in [0, 0.05) is 42.7 Å². The second kappa shape index (κ2) is 7.23. The molecule has 1 aromatic carbocycles. The van der Waals surface area contributed by atoms with Gasteiger partial charge in [-0.15, -0.1) is 0 Å². The fourth-order valence-corrected chi connectivity index (χ4v) is 4.11. The third kappa shape index (κ3) is 2.85. The molecule has 0 atom stereocenters. The van der Waals surface area contributed by atoms with Crippen LogP contribution in [0.15, 0.2) is 49.1 Å². The molecule has 160 valence electrons. The molecule has 9 nitrogen and oxygen atoms in total. The Morgan fingerprint density at radius 1 is 1.16 bits per heavy atom. The summed E-state index contributed by atoms with van der Waals surface area (Å²) in [6.45, 7) is 3.51. The van der Waals surface area contributed by atoms with Crippen LogP contribution in [0.25, 0.3) is 33.5 Å². The van der Waals surface area contributed by atoms with E-state index in [1.165, 1.54) is 0 Å². The first-order valence-electron chi connectivity index (χ1n) is 10.5. The van der Waals surface area contributed by atoms with E-state index in [0.29, 0.717) is 12.4 Å². The monoisotopic (exact) mass is 427 g/mol. The van der Waals surface area contributed by atoms with Gasteiger partial charge in [-0.25, -0.2) is 14.2 Å². The Labute approximate surface area is 183 Å². The highest BCUT2D eigenvalue weighted by atomic mass is 16.5. The van der Waals surface area contributed by atoms with E-state index in [1.54, 1.807) is 24.0 Å². The van der Waals surface area contributed by atoms with E-state index < -0.39 is 0 Å². The van der Waals surface area contributed by atoms with E-state index in [2.05, 4.69) is 20.4 Å². The summed E-state index contributed by atoms with van der Waals surface area (Å²) in [6.07, 6.45) is 8.20. The van der Waals surface area contributed by atoms with Crippen molar-refractivity contribution in [3.05, 3.63) is 54.7 Å². The number of aryl methyl sites for hydroxylation is 1. The maximum atomic E-state index is 5.97. The number of hydrogen-bond donors (Lipinski definition) is 1. The third-order valence-corrected chi connectivity index (χ3v) is 5.71. The highest BCUT2D eigenvalue weighted by Crippen LogP contribution is 2.38. The van der Waals surface area contributed by atoms with Gasteiger partial charge in [-0.1, -0.05) is 0 Å². The smallest absolute Gasteiger partial charge is 0.164 e. The van der Waals surface area contributed by atoms with Crippen LogP contribution < -0.4 is 14.8 Å². The largest absolute Gasteiger partial charge is 0.494 e. The Bertz CT molecular complexity index is 1470. The summed E-state index contributed by atoms with van der Waals surface area (Å²) in [7, 11) is 1.67. The lowest BCUT2D eigenvalue weighted by Gasteiger charge is -2.15. The van der Waals surface area contributed by atoms with E-state index in [1.807, 2.05) is 48.3 Å². The summed E-state index contributed by atoms with van der Waals surface area (Å²) in [5.74, 6) is 1.50. The van der Waals surface area contributed by atoms with Crippen molar-refractivity contribution < 1.29 is 9.47 Å². The number of hydrogen-bond acceptors (Lipinski definition) is 7. The van der Waals surface area contributed by atoms with Gasteiger partial charge in [0.15, 0.2) is 5.65 Å². The molecule has 0 spiro atoms. The van der Waals surface area contributed by atoms with E-state index in [9.17, 15) is 0 Å². The Morgan fingerprint density at radius 3 is 3.00 bits per heavy atom. The van der Waals surface area contributed by atoms with E-state index in [0.717, 1.165) is 63.6 Å². The zero-order valence-electron chi connectivity index (χ0n) is 17.7. The van der Waals surface area contributed by atoms with Gasteiger partial charge in [-0.3, -0.25) is 4.98 Å². The molecule has 5 heterocycles. The zero-order chi connectivity index (χ0) is 21.7. The van der Waals surface area contributed by atoms with Crippen molar-refractivity contribution in [2.45, 2.75) is 13.3 Å². The molecule has 1 aliphatic heterocycles. The fourth-order valence-electron chi connectivity index (χ4n) is 4.11. The molecular formula is C23H21N7O2. The summed E-state index contributed by atoms with van der Waals surface area (Å²) in [5.41, 5.74) is 5.93. The van der Waals surface area contributed by atoms with Gasteiger partial charge < -0.3 is 14.8 Å². The van der Waals surface area contributed by atoms with Gasteiger partial charge in [0.05, 0.1) is 48.1 Å². The van der Waals surface area contributed by atoms with Crippen molar-refractivity contribution >= 4 is 22.2 Å². The molecule has 32 heavy (non-hydrogen) atoms. The molecule has 1 aliphatic rings. The number of ether oxygens (including phenoxy) is 2. The maximum absolute atomic E-state index is 5.97. The fraction of sp³-hybridized carbons (Fsp3) is 0.217.